The molecule has 0 radical (unpaired) electrons. The van der Waals surface area contributed by atoms with Crippen molar-refractivity contribution in [3.63, 3.8) is 0 Å². The largest absolute Gasteiger partial charge is 0.445 e. The summed E-state index contributed by atoms with van der Waals surface area (Å²) in [5.41, 5.74) is 2.06. The minimum atomic E-state index is -0.745. The second-order valence-corrected chi connectivity index (χ2v) is 8.01. The van der Waals surface area contributed by atoms with E-state index in [2.05, 4.69) is 21.3 Å². The average Bonchev–Trinajstić information content (AvgIpc) is 3.61. The van der Waals surface area contributed by atoms with E-state index in [1.54, 1.807) is 24.3 Å². The number of rotatable bonds is 9. The van der Waals surface area contributed by atoms with Crippen LogP contribution in [0.15, 0.2) is 54.6 Å². The van der Waals surface area contributed by atoms with Gasteiger partial charge in [0.25, 0.3) is 0 Å². The maximum absolute atomic E-state index is 12.9. The van der Waals surface area contributed by atoms with E-state index < -0.39 is 12.1 Å². The predicted octanol–water partition coefficient (Wildman–Crippen LogP) is 4.25. The van der Waals surface area contributed by atoms with E-state index >= 15 is 0 Å². The van der Waals surface area contributed by atoms with Crippen LogP contribution in [0.3, 0.4) is 0 Å². The zero-order valence-electron chi connectivity index (χ0n) is 18.4. The fourth-order valence-corrected chi connectivity index (χ4v) is 3.03. The summed E-state index contributed by atoms with van der Waals surface area (Å²) in [5, 5.41) is 11.1. The van der Waals surface area contributed by atoms with Crippen molar-refractivity contribution in [3.05, 3.63) is 60.2 Å². The van der Waals surface area contributed by atoms with Crippen LogP contribution >= 0.6 is 0 Å². The van der Waals surface area contributed by atoms with Crippen LogP contribution in [-0.2, 0) is 16.1 Å². The Hall–Kier alpha value is -3.55. The number of hydrogen-bond acceptors (Lipinski definition) is 4. The highest BCUT2D eigenvalue weighted by atomic mass is 16.5. The Morgan fingerprint density at radius 1 is 0.969 bits per heavy atom. The van der Waals surface area contributed by atoms with Crippen LogP contribution in [0.1, 0.15) is 38.7 Å². The molecule has 8 nitrogen and oxygen atoms in total. The van der Waals surface area contributed by atoms with Gasteiger partial charge in [-0.2, -0.15) is 0 Å². The summed E-state index contributed by atoms with van der Waals surface area (Å²) >= 11 is 0. The van der Waals surface area contributed by atoms with Gasteiger partial charge in [-0.25, -0.2) is 9.59 Å². The molecule has 0 aromatic heterocycles. The smallest absolute Gasteiger partial charge is 0.408 e. The highest BCUT2D eigenvalue weighted by molar-refractivity contribution is 5.97. The molecule has 1 fully saturated rings. The minimum absolute atomic E-state index is 0.0914. The lowest BCUT2D eigenvalue weighted by molar-refractivity contribution is -0.119. The molecule has 4 amide bonds. The monoisotopic (exact) mass is 438 g/mol. The van der Waals surface area contributed by atoms with Gasteiger partial charge >= 0.3 is 12.1 Å². The van der Waals surface area contributed by atoms with Crippen molar-refractivity contribution in [2.75, 3.05) is 10.6 Å². The summed E-state index contributed by atoms with van der Waals surface area (Å²) in [6, 6.07) is 15.5. The summed E-state index contributed by atoms with van der Waals surface area (Å²) < 4.78 is 5.26. The number of hydrogen-bond donors (Lipinski definition) is 4. The third-order valence-corrected chi connectivity index (χ3v) is 5.30. The van der Waals surface area contributed by atoms with Gasteiger partial charge in [-0.05, 0) is 48.6 Å². The van der Waals surface area contributed by atoms with Gasteiger partial charge in [0, 0.05) is 17.4 Å². The lowest BCUT2D eigenvalue weighted by Gasteiger charge is -2.23. The first-order valence-corrected chi connectivity index (χ1v) is 10.9. The van der Waals surface area contributed by atoms with Gasteiger partial charge in [-0.3, -0.25) is 4.79 Å². The number of benzene rings is 2. The number of alkyl carbamates (subject to hydrolysis) is 1. The van der Waals surface area contributed by atoms with Crippen LogP contribution in [0.2, 0.25) is 0 Å². The minimum Gasteiger partial charge on any atom is -0.445 e. The molecule has 1 saturated carbocycles. The molecular weight excluding hydrogens is 408 g/mol. The third-order valence-electron chi connectivity index (χ3n) is 5.30. The average molecular weight is 439 g/mol. The maximum Gasteiger partial charge on any atom is 0.408 e. The van der Waals surface area contributed by atoms with E-state index in [1.807, 2.05) is 44.2 Å². The summed E-state index contributed by atoms with van der Waals surface area (Å²) in [5.74, 6) is -0.422. The molecule has 0 saturated heterocycles. The van der Waals surface area contributed by atoms with E-state index in [-0.39, 0.29) is 30.5 Å². The third kappa shape index (κ3) is 7.30. The molecule has 1 aliphatic rings. The number of carbonyl (C=O) groups excluding carboxylic acids is 3. The molecule has 0 unspecified atom stereocenters. The first-order valence-electron chi connectivity index (χ1n) is 10.9. The molecule has 2 atom stereocenters. The highest BCUT2D eigenvalue weighted by Crippen LogP contribution is 2.19. The first-order chi connectivity index (χ1) is 15.4. The molecule has 0 spiro atoms. The van der Waals surface area contributed by atoms with Crippen LogP contribution < -0.4 is 21.3 Å². The number of nitrogens with one attached hydrogen (secondary N) is 4. The van der Waals surface area contributed by atoms with E-state index in [1.165, 1.54) is 0 Å². The standard InChI is InChI=1S/C24H30N4O4/c1-3-16(2)21(28-24(31)32-15-17-7-5-4-6-8-17)22(29)25-18-9-11-19(12-10-18)26-23(30)27-20-13-14-20/h4-12,16,20-21H,3,13-15H2,1-2H3,(H,25,29)(H,28,31)(H2,26,27,30)/t16-,21-/m0/s1. The van der Waals surface area contributed by atoms with Crippen molar-refractivity contribution in [1.29, 1.82) is 0 Å². The fraction of sp³-hybridized carbons (Fsp3) is 0.375. The molecule has 32 heavy (non-hydrogen) atoms. The first kappa shape index (κ1) is 23.1. The molecule has 2 aromatic rings. The van der Waals surface area contributed by atoms with Gasteiger partial charge in [0.05, 0.1) is 0 Å². The molecule has 0 bridgehead atoms. The van der Waals surface area contributed by atoms with Gasteiger partial charge in [-0.15, -0.1) is 0 Å². The van der Waals surface area contributed by atoms with Crippen molar-refractivity contribution in [2.24, 2.45) is 5.92 Å². The van der Waals surface area contributed by atoms with Crippen molar-refractivity contribution in [2.45, 2.75) is 51.8 Å². The van der Waals surface area contributed by atoms with Gasteiger partial charge in [0.15, 0.2) is 0 Å². The van der Waals surface area contributed by atoms with Crippen molar-refractivity contribution >= 4 is 29.4 Å². The van der Waals surface area contributed by atoms with Gasteiger partial charge in [0.2, 0.25) is 5.91 Å². The molecule has 4 N–H and O–H groups in total. The molecule has 170 valence electrons. The Balaban J connectivity index is 1.53. The number of carbonyl (C=O) groups is 3. The maximum atomic E-state index is 12.9. The lowest BCUT2D eigenvalue weighted by atomic mass is 9.98. The number of ether oxygens (including phenoxy) is 1. The Bertz CT molecular complexity index is 913. The molecule has 1 aliphatic carbocycles. The highest BCUT2D eigenvalue weighted by Gasteiger charge is 2.27. The quantitative estimate of drug-likeness (QED) is 0.469. The van der Waals surface area contributed by atoms with Crippen LogP contribution in [0, 0.1) is 5.92 Å². The Kier molecular flexibility index (Phi) is 8.08. The molecule has 3 rings (SSSR count). The van der Waals surface area contributed by atoms with Gasteiger partial charge < -0.3 is 26.0 Å². The van der Waals surface area contributed by atoms with Crippen LogP contribution in [0.4, 0.5) is 21.0 Å². The van der Waals surface area contributed by atoms with Gasteiger partial charge in [-0.1, -0.05) is 50.6 Å². The van der Waals surface area contributed by atoms with E-state index in [9.17, 15) is 14.4 Å². The Labute approximate surface area is 188 Å². The second kappa shape index (κ2) is 11.2. The Morgan fingerprint density at radius 3 is 2.19 bits per heavy atom. The van der Waals surface area contributed by atoms with Crippen molar-refractivity contribution in [1.82, 2.24) is 10.6 Å². The van der Waals surface area contributed by atoms with Gasteiger partial charge in [0.1, 0.15) is 12.6 Å². The molecule has 0 heterocycles. The Morgan fingerprint density at radius 2 is 1.59 bits per heavy atom. The summed E-state index contributed by atoms with van der Waals surface area (Å²) in [6.07, 6.45) is 2.10. The number of anilines is 2. The van der Waals surface area contributed by atoms with Crippen LogP contribution in [0.5, 0.6) is 0 Å². The topological polar surface area (TPSA) is 109 Å². The second-order valence-electron chi connectivity index (χ2n) is 8.01. The van der Waals surface area contributed by atoms with Crippen molar-refractivity contribution < 1.29 is 19.1 Å². The van der Waals surface area contributed by atoms with E-state index in [0.29, 0.717) is 17.8 Å². The van der Waals surface area contributed by atoms with E-state index in [0.717, 1.165) is 18.4 Å². The molecule has 2 aromatic carbocycles. The predicted molar refractivity (Wildman–Crippen MR) is 123 cm³/mol. The molecule has 8 heteroatoms. The number of urea groups is 1. The SMILES string of the molecule is CC[C@H](C)[C@H](NC(=O)OCc1ccccc1)C(=O)Nc1ccc(NC(=O)NC2CC2)cc1. The molecule has 0 aliphatic heterocycles. The van der Waals surface area contributed by atoms with Crippen LogP contribution in [-0.4, -0.2) is 30.1 Å². The zero-order chi connectivity index (χ0) is 22.9. The summed E-state index contributed by atoms with van der Waals surface area (Å²) in [6.45, 7) is 3.98. The summed E-state index contributed by atoms with van der Waals surface area (Å²) in [4.78, 5) is 37.0. The normalized spacial score (nSPS) is 14.6. The lowest BCUT2D eigenvalue weighted by Crippen LogP contribution is -2.47. The summed E-state index contributed by atoms with van der Waals surface area (Å²) in [7, 11) is 0. The fourth-order valence-electron chi connectivity index (χ4n) is 3.03. The van der Waals surface area contributed by atoms with E-state index in [4.69, 9.17) is 4.74 Å². The van der Waals surface area contributed by atoms with Crippen molar-refractivity contribution in [3.8, 4) is 0 Å². The zero-order valence-corrected chi connectivity index (χ0v) is 18.4. The van der Waals surface area contributed by atoms with Crippen LogP contribution in [0.25, 0.3) is 0 Å². The number of amides is 4. The molecular formula is C24H30N4O4.